The summed E-state index contributed by atoms with van der Waals surface area (Å²) in [5.74, 6) is 0.411. The molecule has 1 N–H and O–H groups in total. The van der Waals surface area contributed by atoms with E-state index in [2.05, 4.69) is 30.0 Å². The fourth-order valence-corrected chi connectivity index (χ4v) is 3.61. The van der Waals surface area contributed by atoms with E-state index in [1.165, 1.54) is 36.9 Å². The van der Waals surface area contributed by atoms with Gasteiger partial charge in [-0.1, -0.05) is 6.07 Å². The van der Waals surface area contributed by atoms with Crippen molar-refractivity contribution in [2.45, 2.75) is 37.8 Å². The summed E-state index contributed by atoms with van der Waals surface area (Å²) in [6.45, 7) is 2.34. The van der Waals surface area contributed by atoms with Gasteiger partial charge in [0, 0.05) is 25.2 Å². The highest BCUT2D eigenvalue weighted by molar-refractivity contribution is 5.38. The van der Waals surface area contributed by atoms with Crippen LogP contribution in [0.15, 0.2) is 18.2 Å². The third-order valence-electron chi connectivity index (χ3n) is 4.78. The molecule has 0 aromatic heterocycles. The van der Waals surface area contributed by atoms with Gasteiger partial charge in [-0.3, -0.25) is 4.90 Å². The highest BCUT2D eigenvalue weighted by Crippen LogP contribution is 2.37. The van der Waals surface area contributed by atoms with Crippen LogP contribution in [0.25, 0.3) is 0 Å². The minimum absolute atomic E-state index is 0.411. The quantitative estimate of drug-likeness (QED) is 0.884. The predicted octanol–water partition coefficient (Wildman–Crippen LogP) is 2.41. The summed E-state index contributed by atoms with van der Waals surface area (Å²) >= 11 is 0. The van der Waals surface area contributed by atoms with Crippen molar-refractivity contribution in [2.75, 3.05) is 27.2 Å². The Morgan fingerprint density at radius 3 is 2.84 bits per heavy atom. The van der Waals surface area contributed by atoms with Crippen LogP contribution in [0.2, 0.25) is 0 Å². The minimum atomic E-state index is 0.411. The molecule has 1 fully saturated rings. The van der Waals surface area contributed by atoms with Crippen LogP contribution in [0.1, 0.15) is 36.4 Å². The Kier molecular flexibility index (Phi) is 3.50. The van der Waals surface area contributed by atoms with Gasteiger partial charge in [-0.05, 0) is 63.0 Å². The summed E-state index contributed by atoms with van der Waals surface area (Å²) in [6, 6.07) is 7.12. The number of fused-ring (bicyclic) bond motifs is 1. The van der Waals surface area contributed by atoms with Crippen LogP contribution in [0.5, 0.6) is 5.75 Å². The van der Waals surface area contributed by atoms with Gasteiger partial charge in [0.15, 0.2) is 0 Å². The third kappa shape index (κ3) is 2.49. The van der Waals surface area contributed by atoms with Crippen molar-refractivity contribution in [3.8, 4) is 5.75 Å². The molecule has 2 atom stereocenters. The molecule has 3 heteroatoms. The molecule has 0 saturated carbocycles. The van der Waals surface area contributed by atoms with E-state index in [-0.39, 0.29) is 0 Å². The van der Waals surface area contributed by atoms with Gasteiger partial charge in [-0.15, -0.1) is 0 Å². The van der Waals surface area contributed by atoms with Crippen molar-refractivity contribution in [2.24, 2.45) is 0 Å². The van der Waals surface area contributed by atoms with Crippen molar-refractivity contribution in [1.82, 2.24) is 9.80 Å². The second kappa shape index (κ2) is 5.14. The molecule has 1 saturated heterocycles. The van der Waals surface area contributed by atoms with Crippen LogP contribution in [0, 0.1) is 0 Å². The molecule has 2 aliphatic rings. The first kappa shape index (κ1) is 12.9. The Hall–Kier alpha value is -1.06. The number of hydrogen-bond acceptors (Lipinski definition) is 3. The zero-order chi connectivity index (χ0) is 13.4. The molecular weight excluding hydrogens is 236 g/mol. The van der Waals surface area contributed by atoms with Crippen LogP contribution >= 0.6 is 0 Å². The van der Waals surface area contributed by atoms with Gasteiger partial charge in [0.25, 0.3) is 0 Å². The minimum Gasteiger partial charge on any atom is -0.508 e. The van der Waals surface area contributed by atoms with E-state index in [1.807, 2.05) is 12.1 Å². The molecule has 0 bridgehead atoms. The lowest BCUT2D eigenvalue weighted by Crippen LogP contribution is -2.34. The number of aromatic hydroxyl groups is 1. The third-order valence-corrected chi connectivity index (χ3v) is 4.78. The first-order chi connectivity index (χ1) is 9.15. The summed E-state index contributed by atoms with van der Waals surface area (Å²) in [6.07, 6.45) is 4.93. The van der Waals surface area contributed by atoms with Crippen LogP contribution in [0.3, 0.4) is 0 Å². The van der Waals surface area contributed by atoms with E-state index in [0.29, 0.717) is 17.8 Å². The van der Waals surface area contributed by atoms with E-state index in [4.69, 9.17) is 0 Å². The van der Waals surface area contributed by atoms with Crippen LogP contribution in [-0.4, -0.2) is 48.1 Å². The fraction of sp³-hybridized carbons (Fsp3) is 0.625. The maximum absolute atomic E-state index is 9.76. The van der Waals surface area contributed by atoms with Gasteiger partial charge in [0.05, 0.1) is 0 Å². The maximum atomic E-state index is 9.76. The molecule has 0 radical (unpaired) electrons. The van der Waals surface area contributed by atoms with Crippen LogP contribution < -0.4 is 0 Å². The summed E-state index contributed by atoms with van der Waals surface area (Å²) in [4.78, 5) is 4.95. The van der Waals surface area contributed by atoms with Gasteiger partial charge in [-0.25, -0.2) is 0 Å². The topological polar surface area (TPSA) is 26.7 Å². The Balaban J connectivity index is 1.82. The lowest BCUT2D eigenvalue weighted by Gasteiger charge is -2.33. The largest absolute Gasteiger partial charge is 0.508 e. The summed E-state index contributed by atoms with van der Waals surface area (Å²) in [5, 5.41) is 9.76. The van der Waals surface area contributed by atoms with Gasteiger partial charge in [0.2, 0.25) is 0 Å². The van der Waals surface area contributed by atoms with Crippen molar-refractivity contribution in [3.05, 3.63) is 29.3 Å². The number of hydrogen-bond donors (Lipinski definition) is 1. The standard InChI is InChI=1S/C16H24N2O/c1-17(2)13-8-9-18(11-13)16-5-3-4-12-6-7-14(19)10-15(12)16/h6-7,10,13,16,19H,3-5,8-9,11H2,1-2H3. The van der Waals surface area contributed by atoms with Crippen molar-refractivity contribution >= 4 is 0 Å². The number of likely N-dealkylation sites (N-methyl/N-ethyl adjacent to an activating group) is 1. The number of rotatable bonds is 2. The average molecular weight is 260 g/mol. The molecule has 1 aliphatic carbocycles. The van der Waals surface area contributed by atoms with Crippen LogP contribution in [-0.2, 0) is 6.42 Å². The molecule has 2 unspecified atom stereocenters. The number of phenols is 1. The molecule has 1 heterocycles. The van der Waals surface area contributed by atoms with Crippen LogP contribution in [0.4, 0.5) is 0 Å². The lowest BCUT2D eigenvalue weighted by molar-refractivity contribution is 0.199. The van der Waals surface area contributed by atoms with Crippen molar-refractivity contribution < 1.29 is 5.11 Å². The molecule has 0 amide bonds. The van der Waals surface area contributed by atoms with Crippen molar-refractivity contribution in [1.29, 1.82) is 0 Å². The molecule has 1 aromatic carbocycles. The van der Waals surface area contributed by atoms with Gasteiger partial charge >= 0.3 is 0 Å². The number of phenolic OH excluding ortho intramolecular Hbond substituents is 1. The number of aryl methyl sites for hydroxylation is 1. The zero-order valence-corrected chi connectivity index (χ0v) is 12.0. The highest BCUT2D eigenvalue weighted by Gasteiger charge is 2.32. The molecule has 104 valence electrons. The first-order valence-electron chi connectivity index (χ1n) is 7.37. The Bertz CT molecular complexity index is 458. The molecule has 19 heavy (non-hydrogen) atoms. The van der Waals surface area contributed by atoms with E-state index >= 15 is 0 Å². The van der Waals surface area contributed by atoms with Gasteiger partial charge in [0.1, 0.15) is 5.75 Å². The fourth-order valence-electron chi connectivity index (χ4n) is 3.61. The molecule has 0 spiro atoms. The van der Waals surface area contributed by atoms with E-state index in [9.17, 15) is 5.11 Å². The van der Waals surface area contributed by atoms with E-state index in [0.717, 1.165) is 13.0 Å². The second-order valence-corrected chi connectivity index (χ2v) is 6.19. The zero-order valence-electron chi connectivity index (χ0n) is 12.0. The predicted molar refractivity (Wildman–Crippen MR) is 77.5 cm³/mol. The molecule has 3 rings (SSSR count). The molecule has 1 aliphatic heterocycles. The Morgan fingerprint density at radius 1 is 1.26 bits per heavy atom. The summed E-state index contributed by atoms with van der Waals surface area (Å²) in [7, 11) is 4.35. The maximum Gasteiger partial charge on any atom is 0.115 e. The average Bonchev–Trinajstić information content (AvgIpc) is 2.87. The highest BCUT2D eigenvalue weighted by atomic mass is 16.3. The monoisotopic (exact) mass is 260 g/mol. The van der Waals surface area contributed by atoms with Crippen molar-refractivity contribution in [3.63, 3.8) is 0 Å². The molecular formula is C16H24N2O. The van der Waals surface area contributed by atoms with E-state index in [1.54, 1.807) is 0 Å². The number of nitrogens with zero attached hydrogens (tertiary/aromatic N) is 2. The summed E-state index contributed by atoms with van der Waals surface area (Å²) in [5.41, 5.74) is 2.80. The normalized spacial score (nSPS) is 27.7. The van der Waals surface area contributed by atoms with Gasteiger partial charge < -0.3 is 10.0 Å². The smallest absolute Gasteiger partial charge is 0.115 e. The Labute approximate surface area is 115 Å². The lowest BCUT2D eigenvalue weighted by atomic mass is 9.86. The SMILES string of the molecule is CN(C)C1CCN(C2CCCc3ccc(O)cc32)C1. The van der Waals surface area contributed by atoms with E-state index < -0.39 is 0 Å². The number of likely N-dealkylation sites (tertiary alicyclic amines) is 1. The van der Waals surface area contributed by atoms with Gasteiger partial charge in [-0.2, -0.15) is 0 Å². The number of benzene rings is 1. The Morgan fingerprint density at radius 2 is 2.11 bits per heavy atom. The first-order valence-corrected chi connectivity index (χ1v) is 7.37. The molecule has 1 aromatic rings. The second-order valence-electron chi connectivity index (χ2n) is 6.19. The molecule has 3 nitrogen and oxygen atoms in total. The summed E-state index contributed by atoms with van der Waals surface area (Å²) < 4.78 is 0.